The largest absolute Gasteiger partial charge is 0.507 e. The highest BCUT2D eigenvalue weighted by atomic mass is 35.5. The Morgan fingerprint density at radius 3 is 2.05 bits per heavy atom. The second-order valence-electron chi connectivity index (χ2n) is 21.1. The van der Waals surface area contributed by atoms with Gasteiger partial charge in [0.2, 0.25) is 11.8 Å². The van der Waals surface area contributed by atoms with Crippen molar-refractivity contribution in [3.63, 3.8) is 0 Å². The van der Waals surface area contributed by atoms with Gasteiger partial charge in [0.25, 0.3) is 0 Å². The average Bonchev–Trinajstić information content (AvgIpc) is 3.91. The Bertz CT molecular complexity index is 2800. The minimum Gasteiger partial charge on any atom is -0.507 e. The monoisotopic (exact) mass is 1040 g/mol. The van der Waals surface area contributed by atoms with Crippen LogP contribution in [0.15, 0.2) is 97.3 Å². The molecule has 9 unspecified atom stereocenters. The van der Waals surface area contributed by atoms with E-state index in [0.717, 1.165) is 43.2 Å². The standard InChI is InChI=1S/C60H73ClN6O8/c1-6-36(2)59(74)37(3)47-23-18-43(47)34-55(71)58(45-20-26-53(69)51(32-45)50-31-39(10-25-52(50)68)11-27-57(73)64-38(4)56(72)35-67-30-29-63-65-67)66(5)60(75)49(9-7-8-28-62)48-24-19-44(48)33-54(70)42-14-12-40(13-15-42)41-16-21-46(61)22-17-41/h10,12-17,20-22,25-26,29-32,36-38,43-44,47-49,58,68-69H,6-9,11,18-19,23-24,27-28,33-35,62H2,1-5H3,(H,64,73). The Hall–Kier alpha value is -6.51. The number of rotatable bonds is 27. The first-order valence-electron chi connectivity index (χ1n) is 26.7. The lowest BCUT2D eigenvalue weighted by Crippen LogP contribution is -2.46. The summed E-state index contributed by atoms with van der Waals surface area (Å²) in [6.45, 7) is 7.94. The minimum absolute atomic E-state index is 0.00626. The molecule has 9 atom stereocenters. The molecule has 2 aliphatic rings. The van der Waals surface area contributed by atoms with Crippen molar-refractivity contribution in [3.05, 3.63) is 119 Å². The van der Waals surface area contributed by atoms with E-state index in [2.05, 4.69) is 15.6 Å². The number of halogens is 1. The molecule has 2 saturated carbocycles. The van der Waals surface area contributed by atoms with Gasteiger partial charge in [-0.15, -0.1) is 5.10 Å². The third kappa shape index (κ3) is 13.9. The molecule has 0 bridgehead atoms. The van der Waals surface area contributed by atoms with E-state index in [9.17, 15) is 29.4 Å². The molecule has 7 rings (SSSR count). The molecule has 15 heteroatoms. The Balaban J connectivity index is 1.13. The van der Waals surface area contributed by atoms with Gasteiger partial charge in [0.15, 0.2) is 17.3 Å². The molecule has 1 aromatic heterocycles. The summed E-state index contributed by atoms with van der Waals surface area (Å²) in [7, 11) is 1.66. The number of aryl methyl sites for hydroxylation is 1. The number of ketones is 4. The predicted octanol–water partition coefficient (Wildman–Crippen LogP) is 10.2. The van der Waals surface area contributed by atoms with Gasteiger partial charge in [0.1, 0.15) is 29.9 Å². The summed E-state index contributed by atoms with van der Waals surface area (Å²) in [4.78, 5) is 85.0. The molecule has 0 radical (unpaired) electrons. The van der Waals surface area contributed by atoms with Gasteiger partial charge in [-0.3, -0.25) is 28.8 Å². The number of Topliss-reactive ketones (excluding diaryl/α,β-unsaturated/α-hetero) is 4. The summed E-state index contributed by atoms with van der Waals surface area (Å²) in [5, 5.41) is 33.7. The minimum atomic E-state index is -1.08. The van der Waals surface area contributed by atoms with E-state index >= 15 is 9.59 Å². The lowest BCUT2D eigenvalue weighted by atomic mass is 9.63. The second-order valence-corrected chi connectivity index (χ2v) is 21.5. The molecule has 5 N–H and O–H groups in total. The van der Waals surface area contributed by atoms with Crippen LogP contribution in [0.3, 0.4) is 0 Å². The molecule has 1 heterocycles. The number of carbonyl (C=O) groups excluding carboxylic acids is 6. The number of likely N-dealkylation sites (N-methyl/N-ethyl adjacent to an activating group) is 1. The number of phenols is 2. The van der Waals surface area contributed by atoms with Crippen molar-refractivity contribution in [1.82, 2.24) is 25.2 Å². The summed E-state index contributed by atoms with van der Waals surface area (Å²) in [6.07, 6.45) is 9.56. The number of nitrogens with two attached hydrogens (primary N) is 1. The highest BCUT2D eigenvalue weighted by Crippen LogP contribution is 2.48. The van der Waals surface area contributed by atoms with Crippen LogP contribution in [0.25, 0.3) is 22.3 Å². The zero-order valence-corrected chi connectivity index (χ0v) is 44.7. The van der Waals surface area contributed by atoms with Gasteiger partial charge in [-0.1, -0.05) is 92.5 Å². The molecule has 0 saturated heterocycles. The Kier molecular flexibility index (Phi) is 19.4. The zero-order valence-electron chi connectivity index (χ0n) is 43.9. The summed E-state index contributed by atoms with van der Waals surface area (Å²) in [6, 6.07) is 22.8. The highest BCUT2D eigenvalue weighted by molar-refractivity contribution is 6.30. The number of amides is 2. The summed E-state index contributed by atoms with van der Waals surface area (Å²) in [5.41, 5.74) is 10.1. The number of phenolic OH excluding ortho intramolecular Hbond substituents is 2. The molecule has 5 aromatic rings. The molecular formula is C60H73ClN6O8. The Morgan fingerprint density at radius 2 is 1.44 bits per heavy atom. The third-order valence-electron chi connectivity index (χ3n) is 16.3. The summed E-state index contributed by atoms with van der Waals surface area (Å²) in [5.74, 6) is -2.07. The van der Waals surface area contributed by atoms with Crippen LogP contribution in [0.1, 0.15) is 126 Å². The smallest absolute Gasteiger partial charge is 0.226 e. The summed E-state index contributed by atoms with van der Waals surface area (Å²) < 4.78 is 1.38. The quantitative estimate of drug-likeness (QED) is 0.0287. The zero-order chi connectivity index (χ0) is 53.9. The lowest BCUT2D eigenvalue weighted by molar-refractivity contribution is -0.146. The van der Waals surface area contributed by atoms with E-state index in [1.165, 1.54) is 23.0 Å². The molecule has 0 aliphatic heterocycles. The van der Waals surface area contributed by atoms with Crippen LogP contribution in [0.2, 0.25) is 5.02 Å². The van der Waals surface area contributed by atoms with Crippen LogP contribution in [0, 0.1) is 41.4 Å². The van der Waals surface area contributed by atoms with Gasteiger partial charge >= 0.3 is 0 Å². The van der Waals surface area contributed by atoms with E-state index < -0.39 is 18.0 Å². The number of carbonyl (C=O) groups is 6. The van der Waals surface area contributed by atoms with Crippen molar-refractivity contribution in [2.75, 3.05) is 13.6 Å². The molecule has 398 valence electrons. The molecule has 0 spiro atoms. The van der Waals surface area contributed by atoms with Crippen molar-refractivity contribution in [2.24, 2.45) is 47.2 Å². The predicted molar refractivity (Wildman–Crippen MR) is 290 cm³/mol. The van der Waals surface area contributed by atoms with E-state index in [4.69, 9.17) is 17.3 Å². The SMILES string of the molecule is CCC(C)C(=O)C(C)C1CCC1CC(=O)C(c1ccc(O)c(-c2cc(CCC(=O)NC(C)C(=O)Cn3ccnn3)ccc2O)c1)N(C)C(=O)C(CCCCN)C1CCC1CC(=O)c1ccc(-c2ccc(Cl)cc2)cc1. The van der Waals surface area contributed by atoms with E-state index in [1.54, 1.807) is 49.3 Å². The maximum absolute atomic E-state index is 15.3. The number of hydrogen-bond acceptors (Lipinski definition) is 11. The number of unbranched alkanes of at least 4 members (excludes halogenated alkanes) is 1. The van der Waals surface area contributed by atoms with Gasteiger partial charge in [0.05, 0.1) is 12.2 Å². The van der Waals surface area contributed by atoms with Crippen LogP contribution >= 0.6 is 11.6 Å². The van der Waals surface area contributed by atoms with Crippen molar-refractivity contribution in [3.8, 4) is 33.8 Å². The second kappa shape index (κ2) is 25.8. The Morgan fingerprint density at radius 1 is 0.800 bits per heavy atom. The van der Waals surface area contributed by atoms with Crippen molar-refractivity contribution >= 4 is 46.5 Å². The maximum atomic E-state index is 15.3. The average molecular weight is 1040 g/mol. The number of nitrogens with zero attached hydrogens (tertiary/aromatic N) is 4. The Labute approximate surface area is 445 Å². The van der Waals surface area contributed by atoms with Crippen molar-refractivity contribution < 1.29 is 39.0 Å². The highest BCUT2D eigenvalue weighted by Gasteiger charge is 2.45. The summed E-state index contributed by atoms with van der Waals surface area (Å²) >= 11 is 6.11. The number of aromatic hydroxyl groups is 2. The molecule has 14 nitrogen and oxygen atoms in total. The van der Waals surface area contributed by atoms with Gasteiger partial charge in [-0.25, -0.2) is 4.68 Å². The fourth-order valence-electron chi connectivity index (χ4n) is 11.2. The van der Waals surface area contributed by atoms with Crippen molar-refractivity contribution in [1.29, 1.82) is 0 Å². The van der Waals surface area contributed by atoms with Crippen LogP contribution in [-0.2, 0) is 36.9 Å². The van der Waals surface area contributed by atoms with E-state index in [1.807, 2.05) is 69.3 Å². The van der Waals surface area contributed by atoms with E-state index in [0.29, 0.717) is 47.5 Å². The van der Waals surface area contributed by atoms with Crippen molar-refractivity contribution in [2.45, 2.75) is 123 Å². The van der Waals surface area contributed by atoms with Crippen LogP contribution in [0.5, 0.6) is 11.5 Å². The fourth-order valence-corrected chi connectivity index (χ4v) is 11.3. The number of benzene rings is 4. The molecule has 2 fully saturated rings. The third-order valence-corrected chi connectivity index (χ3v) is 16.5. The number of hydrogen-bond donors (Lipinski definition) is 4. The van der Waals surface area contributed by atoms with Gasteiger partial charge in [0, 0.05) is 72.0 Å². The first-order valence-corrected chi connectivity index (χ1v) is 27.1. The first kappa shape index (κ1) is 56.2. The molecule has 2 amide bonds. The molecule has 2 aliphatic carbocycles. The normalized spacial score (nSPS) is 19.1. The number of aromatic nitrogens is 3. The van der Waals surface area contributed by atoms with Gasteiger partial charge in [-0.2, -0.15) is 0 Å². The van der Waals surface area contributed by atoms with Crippen LogP contribution < -0.4 is 11.1 Å². The molecular weight excluding hydrogens is 968 g/mol. The van der Waals surface area contributed by atoms with Gasteiger partial charge < -0.3 is 26.2 Å². The fraction of sp³-hybridized carbons (Fsp3) is 0.467. The van der Waals surface area contributed by atoms with Crippen LogP contribution in [-0.4, -0.2) is 84.7 Å². The molecule has 75 heavy (non-hydrogen) atoms. The topological polar surface area (TPSA) is 215 Å². The van der Waals surface area contributed by atoms with E-state index in [-0.39, 0.29) is 125 Å². The molecule has 4 aromatic carbocycles. The van der Waals surface area contributed by atoms with Crippen LogP contribution in [0.4, 0.5) is 0 Å². The number of nitrogens with one attached hydrogen (secondary N) is 1. The lowest BCUT2D eigenvalue weighted by Gasteiger charge is -2.44. The first-order chi connectivity index (χ1) is 36.0. The maximum Gasteiger partial charge on any atom is 0.226 e. The van der Waals surface area contributed by atoms with Gasteiger partial charge in [-0.05, 0) is 147 Å².